The Labute approximate surface area is 137 Å². The van der Waals surface area contributed by atoms with Gasteiger partial charge in [-0.1, -0.05) is 0 Å². The van der Waals surface area contributed by atoms with Crippen molar-refractivity contribution in [3.8, 4) is 5.75 Å². The molecule has 1 aromatic rings. The summed E-state index contributed by atoms with van der Waals surface area (Å²) in [6, 6.07) is 3.76. The minimum atomic E-state index is -0.531. The first-order valence-corrected chi connectivity index (χ1v) is 7.90. The van der Waals surface area contributed by atoms with Gasteiger partial charge in [0.1, 0.15) is 17.5 Å². The van der Waals surface area contributed by atoms with E-state index < -0.39 is 5.60 Å². The molecule has 0 saturated heterocycles. The van der Waals surface area contributed by atoms with E-state index in [1.165, 1.54) is 0 Å². The molecule has 0 aliphatic carbocycles. The van der Waals surface area contributed by atoms with Crippen molar-refractivity contribution in [3.63, 3.8) is 0 Å². The van der Waals surface area contributed by atoms with Gasteiger partial charge in [-0.2, -0.15) is 0 Å². The summed E-state index contributed by atoms with van der Waals surface area (Å²) in [5, 5.41) is 0. The average Bonchev–Trinajstić information content (AvgIpc) is 2.77. The first-order valence-electron chi connectivity index (χ1n) is 7.90. The number of hydrogen-bond acceptors (Lipinski definition) is 5. The molecule has 0 bridgehead atoms. The summed E-state index contributed by atoms with van der Waals surface area (Å²) in [5.74, 6) is 0.816. The van der Waals surface area contributed by atoms with Crippen molar-refractivity contribution in [2.24, 2.45) is 0 Å². The second kappa shape index (κ2) is 7.17. The summed E-state index contributed by atoms with van der Waals surface area (Å²) < 4.78 is 16.5. The molecular weight excluding hydrogens is 296 g/mol. The smallest absolute Gasteiger partial charge is 0.410 e. The van der Waals surface area contributed by atoms with Crippen LogP contribution in [-0.4, -0.2) is 54.5 Å². The summed E-state index contributed by atoms with van der Waals surface area (Å²) in [4.78, 5) is 18.6. The average molecular weight is 322 g/mol. The summed E-state index contributed by atoms with van der Waals surface area (Å²) in [7, 11) is 1.62. The van der Waals surface area contributed by atoms with Gasteiger partial charge < -0.3 is 19.1 Å². The minimum absolute atomic E-state index is 0.0237. The molecule has 0 spiro atoms. The highest BCUT2D eigenvalue weighted by molar-refractivity contribution is 5.68. The first kappa shape index (κ1) is 17.5. The number of aromatic nitrogens is 1. The molecule has 2 atom stereocenters. The number of amides is 1. The Bertz CT molecular complexity index is 542. The van der Waals surface area contributed by atoms with Gasteiger partial charge in [0.05, 0.1) is 18.2 Å². The zero-order valence-electron chi connectivity index (χ0n) is 14.5. The lowest BCUT2D eigenvalue weighted by molar-refractivity contribution is 0.0172. The zero-order chi connectivity index (χ0) is 17.0. The Kier molecular flexibility index (Phi) is 5.46. The number of hydrogen-bond donors (Lipinski definition) is 0. The zero-order valence-corrected chi connectivity index (χ0v) is 14.5. The van der Waals surface area contributed by atoms with Crippen LogP contribution in [0.15, 0.2) is 18.3 Å². The summed E-state index contributed by atoms with van der Waals surface area (Å²) >= 11 is 0. The first-order chi connectivity index (χ1) is 10.8. The fourth-order valence-electron chi connectivity index (χ4n) is 2.54. The molecule has 128 valence electrons. The van der Waals surface area contributed by atoms with Gasteiger partial charge in [0.25, 0.3) is 0 Å². The molecule has 0 N–H and O–H groups in total. The molecule has 0 unspecified atom stereocenters. The van der Waals surface area contributed by atoms with E-state index in [2.05, 4.69) is 4.98 Å². The number of carbonyl (C=O) groups is 1. The van der Waals surface area contributed by atoms with Crippen molar-refractivity contribution in [1.29, 1.82) is 0 Å². The van der Waals surface area contributed by atoms with E-state index in [0.717, 1.165) is 11.4 Å². The molecule has 1 aliphatic heterocycles. The Morgan fingerprint density at radius 1 is 1.43 bits per heavy atom. The Morgan fingerprint density at radius 3 is 2.83 bits per heavy atom. The lowest BCUT2D eigenvalue weighted by Gasteiger charge is -2.29. The Balaban J connectivity index is 2.12. The lowest BCUT2D eigenvalue weighted by Crippen LogP contribution is -2.42. The highest BCUT2D eigenvalue weighted by atomic mass is 16.6. The number of methoxy groups -OCH3 is 1. The predicted octanol–water partition coefficient (Wildman–Crippen LogP) is 2.83. The lowest BCUT2D eigenvalue weighted by atomic mass is 10.0. The van der Waals surface area contributed by atoms with Crippen LogP contribution in [0.3, 0.4) is 0 Å². The van der Waals surface area contributed by atoms with Crippen molar-refractivity contribution in [3.05, 3.63) is 24.0 Å². The molecule has 0 radical (unpaired) electrons. The number of rotatable bonds is 5. The molecular formula is C17H26N2O4. The van der Waals surface area contributed by atoms with Crippen LogP contribution in [0, 0.1) is 0 Å². The monoisotopic (exact) mass is 322 g/mol. The molecule has 0 saturated carbocycles. The van der Waals surface area contributed by atoms with E-state index in [1.807, 2.05) is 39.8 Å². The van der Waals surface area contributed by atoms with Gasteiger partial charge in [-0.3, -0.25) is 4.98 Å². The standard InChI is InChI=1S/C17H26N2O4/c1-12-13(15-14(22-12)7-6-8-18-15)11-19(9-10-21-5)16(20)23-17(2,3)4/h6-8,12-13H,9-11H2,1-5H3/t12-,13-/m1/s1. The molecule has 0 aromatic carbocycles. The fraction of sp³-hybridized carbons (Fsp3) is 0.647. The van der Waals surface area contributed by atoms with Gasteiger partial charge in [0.2, 0.25) is 0 Å². The van der Waals surface area contributed by atoms with Crippen LogP contribution in [0.25, 0.3) is 0 Å². The van der Waals surface area contributed by atoms with Crippen LogP contribution in [0.1, 0.15) is 39.3 Å². The van der Waals surface area contributed by atoms with E-state index in [-0.39, 0.29) is 18.1 Å². The third-order valence-electron chi connectivity index (χ3n) is 3.66. The van der Waals surface area contributed by atoms with Crippen LogP contribution in [-0.2, 0) is 9.47 Å². The van der Waals surface area contributed by atoms with Gasteiger partial charge in [0.15, 0.2) is 0 Å². The van der Waals surface area contributed by atoms with Crippen molar-refractivity contribution in [2.75, 3.05) is 26.8 Å². The third-order valence-corrected chi connectivity index (χ3v) is 3.66. The highest BCUT2D eigenvalue weighted by Gasteiger charge is 2.35. The van der Waals surface area contributed by atoms with E-state index in [1.54, 1.807) is 18.2 Å². The second-order valence-electron chi connectivity index (χ2n) is 6.74. The highest BCUT2D eigenvalue weighted by Crippen LogP contribution is 2.36. The quantitative estimate of drug-likeness (QED) is 0.834. The summed E-state index contributed by atoms with van der Waals surface area (Å²) in [5.41, 5.74) is 0.363. The fourth-order valence-corrected chi connectivity index (χ4v) is 2.54. The predicted molar refractivity (Wildman–Crippen MR) is 86.8 cm³/mol. The molecule has 23 heavy (non-hydrogen) atoms. The molecule has 2 rings (SSSR count). The maximum Gasteiger partial charge on any atom is 0.410 e. The van der Waals surface area contributed by atoms with Gasteiger partial charge in [-0.05, 0) is 39.8 Å². The van der Waals surface area contributed by atoms with E-state index in [9.17, 15) is 4.79 Å². The molecule has 0 fully saturated rings. The van der Waals surface area contributed by atoms with Crippen LogP contribution < -0.4 is 4.74 Å². The number of carbonyl (C=O) groups excluding carboxylic acids is 1. The van der Waals surface area contributed by atoms with Gasteiger partial charge in [-0.15, -0.1) is 0 Å². The number of nitrogens with zero attached hydrogens (tertiary/aromatic N) is 2. The number of ether oxygens (including phenoxy) is 3. The molecule has 6 nitrogen and oxygen atoms in total. The van der Waals surface area contributed by atoms with Crippen LogP contribution in [0.2, 0.25) is 0 Å². The minimum Gasteiger partial charge on any atom is -0.488 e. The van der Waals surface area contributed by atoms with Gasteiger partial charge >= 0.3 is 6.09 Å². The normalized spacial score (nSPS) is 19.9. The maximum atomic E-state index is 12.5. The van der Waals surface area contributed by atoms with Crippen LogP contribution in [0.5, 0.6) is 5.75 Å². The van der Waals surface area contributed by atoms with Gasteiger partial charge in [-0.25, -0.2) is 4.79 Å². The molecule has 1 aliphatic rings. The second-order valence-corrected chi connectivity index (χ2v) is 6.74. The number of fused-ring (bicyclic) bond motifs is 1. The van der Waals surface area contributed by atoms with Crippen LogP contribution in [0.4, 0.5) is 4.79 Å². The van der Waals surface area contributed by atoms with Crippen molar-refractivity contribution in [1.82, 2.24) is 9.88 Å². The van der Waals surface area contributed by atoms with Crippen molar-refractivity contribution < 1.29 is 19.0 Å². The van der Waals surface area contributed by atoms with E-state index in [4.69, 9.17) is 14.2 Å². The molecule has 2 heterocycles. The van der Waals surface area contributed by atoms with Crippen molar-refractivity contribution >= 4 is 6.09 Å². The molecule has 1 amide bonds. The third kappa shape index (κ3) is 4.58. The van der Waals surface area contributed by atoms with Crippen LogP contribution >= 0.6 is 0 Å². The van der Waals surface area contributed by atoms with Gasteiger partial charge in [0, 0.05) is 26.4 Å². The molecule has 6 heteroatoms. The SMILES string of the molecule is COCCN(C[C@H]1c2ncccc2O[C@@H]1C)C(=O)OC(C)(C)C. The van der Waals surface area contributed by atoms with E-state index >= 15 is 0 Å². The maximum absolute atomic E-state index is 12.5. The summed E-state index contributed by atoms with van der Waals surface area (Å²) in [6.45, 7) is 8.99. The van der Waals surface area contributed by atoms with E-state index in [0.29, 0.717) is 19.7 Å². The Morgan fingerprint density at radius 2 is 2.17 bits per heavy atom. The topological polar surface area (TPSA) is 60.9 Å². The Hall–Kier alpha value is -1.82. The largest absolute Gasteiger partial charge is 0.488 e. The van der Waals surface area contributed by atoms with Crippen molar-refractivity contribution in [2.45, 2.75) is 45.3 Å². The number of pyridine rings is 1. The molecule has 1 aromatic heterocycles. The summed E-state index contributed by atoms with van der Waals surface area (Å²) in [6.07, 6.45) is 1.37.